The van der Waals surface area contributed by atoms with Crippen LogP contribution in [0.4, 0.5) is 13.2 Å². The molecular weight excluding hydrogens is 323 g/mol. The van der Waals surface area contributed by atoms with Crippen molar-refractivity contribution in [2.24, 2.45) is 0 Å². The normalized spacial score (nSPS) is 15.8. The summed E-state index contributed by atoms with van der Waals surface area (Å²) in [7, 11) is 0. The molecule has 2 aromatic carbocycles. The van der Waals surface area contributed by atoms with E-state index in [0.717, 1.165) is 28.3 Å². The Morgan fingerprint density at radius 1 is 0.920 bits per heavy atom. The molecule has 4 heteroatoms. The summed E-state index contributed by atoms with van der Waals surface area (Å²) in [5.74, 6) is -0.448. The SMILES string of the molecule is Cc1ccc2c(c1)C(c1ccccc1)c1c(C(F)(F)F)cc(C)nc1-2. The first-order chi connectivity index (χ1) is 11.9. The predicted molar refractivity (Wildman–Crippen MR) is 91.5 cm³/mol. The Morgan fingerprint density at radius 3 is 2.32 bits per heavy atom. The van der Waals surface area contributed by atoms with Crippen molar-refractivity contribution in [2.45, 2.75) is 25.9 Å². The number of hydrogen-bond donors (Lipinski definition) is 0. The Kier molecular flexibility index (Phi) is 3.46. The van der Waals surface area contributed by atoms with Crippen LogP contribution in [-0.4, -0.2) is 4.98 Å². The summed E-state index contributed by atoms with van der Waals surface area (Å²) in [4.78, 5) is 4.47. The highest BCUT2D eigenvalue weighted by atomic mass is 19.4. The number of hydrogen-bond acceptors (Lipinski definition) is 1. The zero-order valence-corrected chi connectivity index (χ0v) is 13.9. The Morgan fingerprint density at radius 2 is 1.64 bits per heavy atom. The van der Waals surface area contributed by atoms with Crippen LogP contribution in [-0.2, 0) is 6.18 Å². The number of benzene rings is 2. The number of alkyl halides is 3. The average molecular weight is 339 g/mol. The van der Waals surface area contributed by atoms with Crippen molar-refractivity contribution in [2.75, 3.05) is 0 Å². The first-order valence-electron chi connectivity index (χ1n) is 8.11. The molecule has 1 aliphatic rings. The van der Waals surface area contributed by atoms with E-state index in [0.29, 0.717) is 11.4 Å². The minimum absolute atomic E-state index is 0.268. The second-order valence-electron chi connectivity index (χ2n) is 6.51. The van der Waals surface area contributed by atoms with Crippen LogP contribution in [0.15, 0.2) is 54.6 Å². The van der Waals surface area contributed by atoms with Gasteiger partial charge in [-0.05, 0) is 31.0 Å². The highest BCUT2D eigenvalue weighted by Crippen LogP contribution is 2.51. The Hall–Kier alpha value is -2.62. The lowest BCUT2D eigenvalue weighted by Gasteiger charge is -2.19. The molecule has 0 fully saturated rings. The van der Waals surface area contributed by atoms with Gasteiger partial charge in [0.2, 0.25) is 0 Å². The van der Waals surface area contributed by atoms with Crippen molar-refractivity contribution < 1.29 is 13.2 Å². The van der Waals surface area contributed by atoms with Gasteiger partial charge < -0.3 is 0 Å². The van der Waals surface area contributed by atoms with Crippen molar-refractivity contribution in [3.05, 3.63) is 88.1 Å². The zero-order valence-electron chi connectivity index (χ0n) is 13.9. The van der Waals surface area contributed by atoms with Gasteiger partial charge in [0.25, 0.3) is 0 Å². The fraction of sp³-hybridized carbons (Fsp3) is 0.190. The molecule has 0 saturated carbocycles. The van der Waals surface area contributed by atoms with Gasteiger partial charge in [0, 0.05) is 22.7 Å². The van der Waals surface area contributed by atoms with E-state index in [1.807, 2.05) is 55.5 Å². The van der Waals surface area contributed by atoms with Crippen molar-refractivity contribution in [1.82, 2.24) is 4.98 Å². The fourth-order valence-corrected chi connectivity index (χ4v) is 3.70. The number of aryl methyl sites for hydroxylation is 2. The average Bonchev–Trinajstić information content (AvgIpc) is 2.87. The first kappa shape index (κ1) is 15.9. The molecule has 0 aliphatic heterocycles. The van der Waals surface area contributed by atoms with E-state index >= 15 is 0 Å². The first-order valence-corrected chi connectivity index (χ1v) is 8.11. The molecule has 1 unspecified atom stereocenters. The van der Waals surface area contributed by atoms with Crippen LogP contribution in [0.25, 0.3) is 11.3 Å². The highest BCUT2D eigenvalue weighted by molar-refractivity contribution is 5.80. The molecule has 1 heterocycles. The van der Waals surface area contributed by atoms with E-state index < -0.39 is 17.7 Å². The van der Waals surface area contributed by atoms with Gasteiger partial charge in [-0.2, -0.15) is 13.2 Å². The molecule has 1 atom stereocenters. The van der Waals surface area contributed by atoms with E-state index in [1.54, 1.807) is 6.92 Å². The number of aromatic nitrogens is 1. The van der Waals surface area contributed by atoms with Gasteiger partial charge >= 0.3 is 6.18 Å². The zero-order chi connectivity index (χ0) is 17.8. The van der Waals surface area contributed by atoms with Crippen LogP contribution in [0.3, 0.4) is 0 Å². The van der Waals surface area contributed by atoms with Crippen molar-refractivity contribution in [3.63, 3.8) is 0 Å². The molecule has 0 saturated heterocycles. The number of halogens is 3. The summed E-state index contributed by atoms with van der Waals surface area (Å²) in [6.07, 6.45) is -4.41. The Bertz CT molecular complexity index is 959. The number of nitrogens with zero attached hydrogens (tertiary/aromatic N) is 1. The molecule has 1 nitrogen and oxygen atoms in total. The maximum absolute atomic E-state index is 13.8. The minimum atomic E-state index is -4.41. The maximum atomic E-state index is 13.8. The van der Waals surface area contributed by atoms with Gasteiger partial charge in [-0.3, -0.25) is 4.98 Å². The lowest BCUT2D eigenvalue weighted by atomic mass is 9.86. The summed E-state index contributed by atoms with van der Waals surface area (Å²) in [5.41, 5.74) is 4.08. The van der Waals surface area contributed by atoms with E-state index in [1.165, 1.54) is 0 Å². The molecule has 25 heavy (non-hydrogen) atoms. The second kappa shape index (κ2) is 5.45. The van der Waals surface area contributed by atoms with E-state index in [2.05, 4.69) is 4.98 Å². The number of pyridine rings is 1. The monoisotopic (exact) mass is 339 g/mol. The molecule has 1 aliphatic carbocycles. The van der Waals surface area contributed by atoms with Crippen LogP contribution in [0.5, 0.6) is 0 Å². The van der Waals surface area contributed by atoms with Gasteiger partial charge in [-0.25, -0.2) is 0 Å². The molecule has 3 aromatic rings. The molecule has 126 valence electrons. The third-order valence-corrected chi connectivity index (χ3v) is 4.69. The van der Waals surface area contributed by atoms with E-state index in [9.17, 15) is 13.2 Å². The maximum Gasteiger partial charge on any atom is 0.416 e. The third kappa shape index (κ3) is 2.53. The summed E-state index contributed by atoms with van der Waals surface area (Å²) in [5, 5.41) is 0. The molecule has 1 aromatic heterocycles. The smallest absolute Gasteiger partial charge is 0.253 e. The topological polar surface area (TPSA) is 12.9 Å². The van der Waals surface area contributed by atoms with Crippen molar-refractivity contribution in [3.8, 4) is 11.3 Å². The van der Waals surface area contributed by atoms with E-state index in [4.69, 9.17) is 0 Å². The van der Waals surface area contributed by atoms with Gasteiger partial charge in [0.1, 0.15) is 0 Å². The van der Waals surface area contributed by atoms with Crippen molar-refractivity contribution >= 4 is 0 Å². The Labute approximate surface area is 144 Å². The van der Waals surface area contributed by atoms with Crippen LogP contribution >= 0.6 is 0 Å². The summed E-state index contributed by atoms with van der Waals surface area (Å²) in [6.45, 7) is 3.56. The van der Waals surface area contributed by atoms with Crippen LogP contribution in [0, 0.1) is 13.8 Å². The third-order valence-electron chi connectivity index (χ3n) is 4.69. The molecular formula is C21H16F3N. The summed E-state index contributed by atoms with van der Waals surface area (Å²) < 4.78 is 41.4. The lowest BCUT2D eigenvalue weighted by Crippen LogP contribution is -2.13. The van der Waals surface area contributed by atoms with E-state index in [-0.39, 0.29) is 5.56 Å². The number of fused-ring (bicyclic) bond motifs is 3. The molecule has 0 spiro atoms. The largest absolute Gasteiger partial charge is 0.416 e. The van der Waals surface area contributed by atoms with Gasteiger partial charge in [0.05, 0.1) is 11.3 Å². The summed E-state index contributed by atoms with van der Waals surface area (Å²) in [6, 6.07) is 16.3. The second-order valence-corrected chi connectivity index (χ2v) is 6.51. The molecule has 0 amide bonds. The molecule has 0 bridgehead atoms. The predicted octanol–water partition coefficient (Wildman–Crippen LogP) is 5.88. The Balaban J connectivity index is 2.09. The van der Waals surface area contributed by atoms with Crippen molar-refractivity contribution in [1.29, 1.82) is 0 Å². The minimum Gasteiger partial charge on any atom is -0.253 e. The summed E-state index contributed by atoms with van der Waals surface area (Å²) >= 11 is 0. The lowest BCUT2D eigenvalue weighted by molar-refractivity contribution is -0.138. The quantitative estimate of drug-likeness (QED) is 0.422. The molecule has 4 rings (SSSR count). The fourth-order valence-electron chi connectivity index (χ4n) is 3.70. The molecule has 0 N–H and O–H groups in total. The van der Waals surface area contributed by atoms with Gasteiger partial charge in [-0.15, -0.1) is 0 Å². The van der Waals surface area contributed by atoms with Gasteiger partial charge in [-0.1, -0.05) is 54.1 Å². The van der Waals surface area contributed by atoms with Gasteiger partial charge in [0.15, 0.2) is 0 Å². The number of rotatable bonds is 1. The van der Waals surface area contributed by atoms with Crippen LogP contribution < -0.4 is 0 Å². The standard InChI is InChI=1S/C21H16F3N/c1-12-8-9-15-16(10-12)18(14-6-4-3-5-7-14)19-17(21(22,23)24)11-13(2)25-20(15)19/h3-11,18H,1-2H3. The highest BCUT2D eigenvalue weighted by Gasteiger charge is 2.42. The van der Waals surface area contributed by atoms with Crippen LogP contribution in [0.1, 0.15) is 39.4 Å². The molecule has 0 radical (unpaired) electrons. The van der Waals surface area contributed by atoms with Crippen LogP contribution in [0.2, 0.25) is 0 Å².